The molecule has 1 amide bonds. The maximum atomic E-state index is 13.2. The Balaban J connectivity index is 1.62. The van der Waals surface area contributed by atoms with Crippen LogP contribution in [0.15, 0.2) is 47.3 Å². The van der Waals surface area contributed by atoms with Gasteiger partial charge in [-0.3, -0.25) is 9.59 Å². The number of amides is 1. The van der Waals surface area contributed by atoms with E-state index in [1.54, 1.807) is 24.1 Å². The predicted octanol–water partition coefficient (Wildman–Crippen LogP) is 3.09. The van der Waals surface area contributed by atoms with Crippen LogP contribution in [0.4, 0.5) is 0 Å². The lowest BCUT2D eigenvalue weighted by molar-refractivity contribution is 0.0675. The second-order valence-corrected chi connectivity index (χ2v) is 7.44. The van der Waals surface area contributed by atoms with Gasteiger partial charge in [-0.15, -0.1) is 0 Å². The van der Waals surface area contributed by atoms with Crippen molar-refractivity contribution in [3.05, 3.63) is 75.3 Å². The molecule has 3 aromatic rings. The Hall–Kier alpha value is -2.99. The number of fused-ring (bicyclic) bond motifs is 2. The summed E-state index contributed by atoms with van der Waals surface area (Å²) in [6.45, 7) is 1.05. The number of aromatic amines is 1. The van der Waals surface area contributed by atoms with Crippen molar-refractivity contribution in [1.82, 2.24) is 14.9 Å². The molecule has 1 N–H and O–H groups in total. The van der Waals surface area contributed by atoms with Crippen LogP contribution < -0.4 is 5.56 Å². The van der Waals surface area contributed by atoms with Crippen molar-refractivity contribution >= 4 is 16.8 Å². The van der Waals surface area contributed by atoms with Crippen LogP contribution in [0.5, 0.6) is 0 Å². The molecule has 0 bridgehead atoms. The monoisotopic (exact) mass is 391 g/mol. The number of hydrogen-bond donors (Lipinski definition) is 1. The zero-order valence-electron chi connectivity index (χ0n) is 16.6. The lowest BCUT2D eigenvalue weighted by atomic mass is 9.90. The highest BCUT2D eigenvalue weighted by atomic mass is 16.5. The molecule has 0 aliphatic heterocycles. The second kappa shape index (κ2) is 8.57. The van der Waals surface area contributed by atoms with Crippen LogP contribution in [0.25, 0.3) is 10.9 Å². The maximum Gasteiger partial charge on any atom is 0.258 e. The number of H-pyrrole nitrogens is 1. The zero-order chi connectivity index (χ0) is 20.2. The number of rotatable bonds is 6. The first kappa shape index (κ1) is 19.3. The van der Waals surface area contributed by atoms with Gasteiger partial charge in [-0.1, -0.05) is 18.2 Å². The summed E-state index contributed by atoms with van der Waals surface area (Å²) < 4.78 is 5.19. The molecule has 0 radical (unpaired) electrons. The minimum Gasteiger partial charge on any atom is -0.383 e. The molecule has 0 spiro atoms. The number of hydrogen-bond acceptors (Lipinski definition) is 4. The minimum atomic E-state index is -0.196. The van der Waals surface area contributed by atoms with Crippen molar-refractivity contribution in [2.75, 3.05) is 20.3 Å². The summed E-state index contributed by atoms with van der Waals surface area (Å²) in [6.07, 6.45) is 4.48. The van der Waals surface area contributed by atoms with E-state index in [1.165, 1.54) is 24.0 Å². The third-order valence-electron chi connectivity index (χ3n) is 5.45. The molecule has 1 aromatic heterocycles. The number of aromatic nitrogens is 2. The van der Waals surface area contributed by atoms with Crippen molar-refractivity contribution in [3.63, 3.8) is 0 Å². The van der Waals surface area contributed by atoms with Gasteiger partial charge in [0.2, 0.25) is 0 Å². The van der Waals surface area contributed by atoms with Gasteiger partial charge in [-0.05, 0) is 61.1 Å². The Kier molecular flexibility index (Phi) is 5.71. The molecule has 150 valence electrons. The van der Waals surface area contributed by atoms with Crippen LogP contribution in [-0.2, 0) is 24.1 Å². The highest BCUT2D eigenvalue weighted by molar-refractivity contribution is 5.94. The predicted molar refractivity (Wildman–Crippen MR) is 112 cm³/mol. The number of methoxy groups -OCH3 is 1. The third-order valence-corrected chi connectivity index (χ3v) is 5.45. The summed E-state index contributed by atoms with van der Waals surface area (Å²) in [4.78, 5) is 34.6. The summed E-state index contributed by atoms with van der Waals surface area (Å²) in [5.74, 6) is 0.391. The van der Waals surface area contributed by atoms with Crippen molar-refractivity contribution < 1.29 is 9.53 Å². The van der Waals surface area contributed by atoms with Crippen LogP contribution in [0.2, 0.25) is 0 Å². The van der Waals surface area contributed by atoms with Crippen molar-refractivity contribution in [2.45, 2.75) is 32.2 Å². The SMILES string of the molecule is COCCN(Cc1nc2ccccc2c(=O)[nH]1)C(=O)c1ccc2c(c1)CCCC2. The summed E-state index contributed by atoms with van der Waals surface area (Å²) in [7, 11) is 1.61. The Morgan fingerprint density at radius 3 is 2.76 bits per heavy atom. The topological polar surface area (TPSA) is 75.3 Å². The molecule has 6 heteroatoms. The maximum absolute atomic E-state index is 13.2. The lowest BCUT2D eigenvalue weighted by Gasteiger charge is -2.23. The van der Waals surface area contributed by atoms with E-state index in [9.17, 15) is 9.59 Å². The Morgan fingerprint density at radius 1 is 1.14 bits per heavy atom. The normalized spacial score (nSPS) is 13.3. The first-order chi connectivity index (χ1) is 14.2. The van der Waals surface area contributed by atoms with Crippen LogP contribution in [-0.4, -0.2) is 41.0 Å². The molecular formula is C23H25N3O3. The van der Waals surface area contributed by atoms with Crippen molar-refractivity contribution in [2.24, 2.45) is 0 Å². The van der Waals surface area contributed by atoms with Gasteiger partial charge in [0.25, 0.3) is 11.5 Å². The first-order valence-corrected chi connectivity index (χ1v) is 10.0. The number of aryl methyl sites for hydroxylation is 2. The van der Waals surface area contributed by atoms with E-state index < -0.39 is 0 Å². The first-order valence-electron chi connectivity index (χ1n) is 10.0. The summed E-state index contributed by atoms with van der Waals surface area (Å²) in [5, 5.41) is 0.542. The van der Waals surface area contributed by atoms with E-state index in [2.05, 4.69) is 16.0 Å². The van der Waals surface area contributed by atoms with Gasteiger partial charge >= 0.3 is 0 Å². The largest absolute Gasteiger partial charge is 0.383 e. The van der Waals surface area contributed by atoms with Crippen LogP contribution >= 0.6 is 0 Å². The second-order valence-electron chi connectivity index (χ2n) is 7.44. The van der Waals surface area contributed by atoms with Gasteiger partial charge in [0, 0.05) is 19.2 Å². The van der Waals surface area contributed by atoms with Gasteiger partial charge in [0.1, 0.15) is 5.82 Å². The number of nitrogens with zero attached hydrogens (tertiary/aromatic N) is 2. The molecular weight excluding hydrogens is 366 g/mol. The number of benzene rings is 2. The van der Waals surface area contributed by atoms with Gasteiger partial charge < -0.3 is 14.6 Å². The highest BCUT2D eigenvalue weighted by Gasteiger charge is 2.20. The van der Waals surface area contributed by atoms with E-state index in [4.69, 9.17) is 4.74 Å². The molecule has 2 aromatic carbocycles. The molecule has 1 aliphatic rings. The Bertz CT molecular complexity index is 1090. The fourth-order valence-electron chi connectivity index (χ4n) is 3.89. The molecule has 1 aliphatic carbocycles. The molecule has 1 heterocycles. The van der Waals surface area contributed by atoms with E-state index in [-0.39, 0.29) is 18.0 Å². The lowest BCUT2D eigenvalue weighted by Crippen LogP contribution is -2.35. The standard InChI is InChI=1S/C23H25N3O3/c1-29-13-12-26(15-21-24-20-9-5-4-8-19(20)22(27)25-21)23(28)18-11-10-16-6-2-3-7-17(16)14-18/h4-5,8-11,14H,2-3,6-7,12-13,15H2,1H3,(H,24,25,27). The Morgan fingerprint density at radius 2 is 1.93 bits per heavy atom. The molecule has 0 unspecified atom stereocenters. The van der Waals surface area contributed by atoms with Crippen LogP contribution in [0.1, 0.15) is 40.2 Å². The third kappa shape index (κ3) is 4.22. The fraction of sp³-hybridized carbons (Fsp3) is 0.348. The van der Waals surface area contributed by atoms with Crippen molar-refractivity contribution in [3.8, 4) is 0 Å². The number of carbonyl (C=O) groups is 1. The van der Waals surface area contributed by atoms with E-state index in [0.717, 1.165) is 12.8 Å². The van der Waals surface area contributed by atoms with Gasteiger partial charge in [-0.2, -0.15) is 0 Å². The minimum absolute atomic E-state index is 0.0776. The molecule has 0 fully saturated rings. The summed E-state index contributed by atoms with van der Waals surface area (Å²) >= 11 is 0. The number of para-hydroxylation sites is 1. The average Bonchev–Trinajstić information content (AvgIpc) is 2.76. The average molecular weight is 391 g/mol. The fourth-order valence-corrected chi connectivity index (χ4v) is 3.89. The summed E-state index contributed by atoms with van der Waals surface area (Å²) in [5.41, 5.74) is 3.71. The molecule has 0 saturated carbocycles. The van der Waals surface area contributed by atoms with Crippen molar-refractivity contribution in [1.29, 1.82) is 0 Å². The molecule has 29 heavy (non-hydrogen) atoms. The van der Waals surface area contributed by atoms with Gasteiger partial charge in [-0.25, -0.2) is 4.98 Å². The Labute approximate surface area is 169 Å². The molecule has 0 saturated heterocycles. The molecule has 4 rings (SSSR count). The molecule has 0 atom stereocenters. The van der Waals surface area contributed by atoms with Gasteiger partial charge in [0.05, 0.1) is 24.1 Å². The highest BCUT2D eigenvalue weighted by Crippen LogP contribution is 2.23. The van der Waals surface area contributed by atoms with Crippen LogP contribution in [0.3, 0.4) is 0 Å². The quantitative estimate of drug-likeness (QED) is 0.701. The molecule has 6 nitrogen and oxygen atoms in total. The van der Waals surface area contributed by atoms with E-state index >= 15 is 0 Å². The van der Waals surface area contributed by atoms with E-state index in [1.807, 2.05) is 24.3 Å². The van der Waals surface area contributed by atoms with Gasteiger partial charge in [0.15, 0.2) is 0 Å². The van der Waals surface area contributed by atoms with E-state index in [0.29, 0.717) is 35.4 Å². The zero-order valence-corrected chi connectivity index (χ0v) is 16.6. The number of ether oxygens (including phenoxy) is 1. The number of nitrogens with one attached hydrogen (secondary N) is 1. The summed E-state index contributed by atoms with van der Waals surface area (Å²) in [6, 6.07) is 13.2. The van der Waals surface area contributed by atoms with Crippen LogP contribution in [0, 0.1) is 0 Å². The number of carbonyl (C=O) groups excluding carboxylic acids is 1. The smallest absolute Gasteiger partial charge is 0.258 e.